The number of rotatable bonds is 9. The van der Waals surface area contributed by atoms with Crippen LogP contribution in [0.3, 0.4) is 0 Å². The molecular weight excluding hydrogens is 388 g/mol. The third-order valence-electron chi connectivity index (χ3n) is 5.98. The second-order valence-electron chi connectivity index (χ2n) is 9.77. The molecule has 0 aromatic heterocycles. The van der Waals surface area contributed by atoms with Gasteiger partial charge in [-0.15, -0.1) is 0 Å². The zero-order valence-electron chi connectivity index (χ0n) is 19.1. The Morgan fingerprint density at radius 2 is 1.68 bits per heavy atom. The highest BCUT2D eigenvalue weighted by Gasteiger charge is 2.40. The fourth-order valence-electron chi connectivity index (χ4n) is 4.42. The maximum atomic E-state index is 12.5. The van der Waals surface area contributed by atoms with Crippen LogP contribution in [0, 0.1) is 5.92 Å². The molecule has 4 nitrogen and oxygen atoms in total. The Hall–Kier alpha value is -2.33. The highest BCUT2D eigenvalue weighted by molar-refractivity contribution is 5.71. The van der Waals surface area contributed by atoms with Crippen molar-refractivity contribution in [3.05, 3.63) is 65.7 Å². The van der Waals surface area contributed by atoms with Gasteiger partial charge in [0, 0.05) is 0 Å². The van der Waals surface area contributed by atoms with Crippen LogP contribution in [0.4, 0.5) is 0 Å². The van der Waals surface area contributed by atoms with E-state index >= 15 is 0 Å². The average Bonchev–Trinajstić information content (AvgIpc) is 3.26. The number of esters is 1. The predicted molar refractivity (Wildman–Crippen MR) is 123 cm³/mol. The van der Waals surface area contributed by atoms with E-state index in [1.165, 1.54) is 0 Å². The van der Waals surface area contributed by atoms with Gasteiger partial charge in [0.25, 0.3) is 0 Å². The summed E-state index contributed by atoms with van der Waals surface area (Å²) in [6.07, 6.45) is 5.46. The third-order valence-corrected chi connectivity index (χ3v) is 5.98. The summed E-state index contributed by atoms with van der Waals surface area (Å²) in [5.41, 5.74) is 0.657. The van der Waals surface area contributed by atoms with Gasteiger partial charge < -0.3 is 14.6 Å². The van der Waals surface area contributed by atoms with Gasteiger partial charge in [0.05, 0.1) is 12.0 Å². The largest absolute Gasteiger partial charge is 0.489 e. The number of hydrogen-bond acceptors (Lipinski definition) is 4. The van der Waals surface area contributed by atoms with E-state index < -0.39 is 11.2 Å². The molecule has 4 heteroatoms. The summed E-state index contributed by atoms with van der Waals surface area (Å²) >= 11 is 0. The van der Waals surface area contributed by atoms with Crippen molar-refractivity contribution in [2.75, 3.05) is 0 Å². The quantitative estimate of drug-likeness (QED) is 0.513. The van der Waals surface area contributed by atoms with Crippen LogP contribution in [0.5, 0.6) is 5.75 Å². The Morgan fingerprint density at radius 3 is 2.35 bits per heavy atom. The molecule has 0 aliphatic heterocycles. The molecule has 2 aromatic carbocycles. The van der Waals surface area contributed by atoms with Crippen molar-refractivity contribution in [1.29, 1.82) is 0 Å². The van der Waals surface area contributed by atoms with Gasteiger partial charge in [-0.1, -0.05) is 55.3 Å². The Bertz CT molecular complexity index is 834. The van der Waals surface area contributed by atoms with E-state index in [-0.39, 0.29) is 18.3 Å². The number of aliphatic hydroxyl groups is 1. The van der Waals surface area contributed by atoms with Crippen LogP contribution in [-0.2, 0) is 22.6 Å². The SMILES string of the molecule is CC(C)(C)OC(=O)CC(O)(CCc1cccc(OCc2ccccc2)c1)C1CCCC1. The highest BCUT2D eigenvalue weighted by Crippen LogP contribution is 2.39. The molecule has 0 heterocycles. The van der Waals surface area contributed by atoms with E-state index in [9.17, 15) is 9.90 Å². The van der Waals surface area contributed by atoms with Crippen molar-refractivity contribution in [2.45, 2.75) is 83.5 Å². The lowest BCUT2D eigenvalue weighted by Crippen LogP contribution is -2.41. The lowest BCUT2D eigenvalue weighted by molar-refractivity contribution is -0.163. The number of aryl methyl sites for hydroxylation is 1. The van der Waals surface area contributed by atoms with E-state index in [0.29, 0.717) is 19.4 Å². The van der Waals surface area contributed by atoms with Crippen LogP contribution >= 0.6 is 0 Å². The maximum Gasteiger partial charge on any atom is 0.309 e. The number of ether oxygens (including phenoxy) is 2. The van der Waals surface area contributed by atoms with Gasteiger partial charge in [-0.05, 0) is 75.6 Å². The molecule has 0 amide bonds. The predicted octanol–water partition coefficient (Wildman–Crippen LogP) is 5.85. The first kappa shape index (κ1) is 23.3. The summed E-state index contributed by atoms with van der Waals surface area (Å²) in [4.78, 5) is 12.5. The monoisotopic (exact) mass is 424 g/mol. The lowest BCUT2D eigenvalue weighted by atomic mass is 9.79. The summed E-state index contributed by atoms with van der Waals surface area (Å²) < 4.78 is 11.5. The number of benzene rings is 2. The Kier molecular flexibility index (Phi) is 7.77. The molecule has 1 aliphatic carbocycles. The normalized spacial score (nSPS) is 16.6. The zero-order valence-corrected chi connectivity index (χ0v) is 19.1. The molecule has 0 radical (unpaired) electrons. The maximum absolute atomic E-state index is 12.5. The van der Waals surface area contributed by atoms with Crippen LogP contribution in [0.2, 0.25) is 0 Å². The van der Waals surface area contributed by atoms with Gasteiger partial charge in [-0.2, -0.15) is 0 Å². The minimum absolute atomic E-state index is 0.0547. The minimum Gasteiger partial charge on any atom is -0.489 e. The highest BCUT2D eigenvalue weighted by atomic mass is 16.6. The van der Waals surface area contributed by atoms with Gasteiger partial charge in [-0.25, -0.2) is 0 Å². The molecular formula is C27H36O4. The van der Waals surface area contributed by atoms with Gasteiger partial charge >= 0.3 is 5.97 Å². The Morgan fingerprint density at radius 1 is 1.00 bits per heavy atom. The molecule has 0 saturated heterocycles. The van der Waals surface area contributed by atoms with Crippen molar-refractivity contribution in [2.24, 2.45) is 5.92 Å². The van der Waals surface area contributed by atoms with Gasteiger partial charge in [0.2, 0.25) is 0 Å². The van der Waals surface area contributed by atoms with Crippen LogP contribution in [0.25, 0.3) is 0 Å². The smallest absolute Gasteiger partial charge is 0.309 e. The second kappa shape index (κ2) is 10.3. The molecule has 1 N–H and O–H groups in total. The third kappa shape index (κ3) is 7.39. The first-order chi connectivity index (χ1) is 14.7. The second-order valence-corrected chi connectivity index (χ2v) is 9.77. The minimum atomic E-state index is -1.03. The molecule has 2 aromatic rings. The van der Waals surface area contributed by atoms with Gasteiger partial charge in [0.1, 0.15) is 18.0 Å². The standard InChI is InChI=1S/C27H36O4/c1-26(2,3)31-25(28)19-27(29,23-13-7-8-14-23)17-16-21-12-9-15-24(18-21)30-20-22-10-5-4-6-11-22/h4-6,9-12,15,18,23,29H,7-8,13-14,16-17,19-20H2,1-3H3. The van der Waals surface area contributed by atoms with E-state index in [1.54, 1.807) is 0 Å². The number of carbonyl (C=O) groups is 1. The van der Waals surface area contributed by atoms with Crippen molar-refractivity contribution in [3.63, 3.8) is 0 Å². The van der Waals surface area contributed by atoms with E-state index in [4.69, 9.17) is 9.47 Å². The molecule has 0 bridgehead atoms. The lowest BCUT2D eigenvalue weighted by Gasteiger charge is -2.34. The molecule has 3 rings (SSSR count). The molecule has 31 heavy (non-hydrogen) atoms. The zero-order chi connectivity index (χ0) is 22.3. The van der Waals surface area contributed by atoms with E-state index in [0.717, 1.165) is 42.6 Å². The van der Waals surface area contributed by atoms with Gasteiger partial charge in [0.15, 0.2) is 0 Å². The molecule has 1 saturated carbocycles. The summed E-state index contributed by atoms with van der Waals surface area (Å²) in [7, 11) is 0. The van der Waals surface area contributed by atoms with E-state index in [2.05, 4.69) is 6.07 Å². The van der Waals surface area contributed by atoms with Crippen LogP contribution in [-0.4, -0.2) is 22.3 Å². The summed E-state index contributed by atoms with van der Waals surface area (Å²) in [5.74, 6) is 0.650. The first-order valence-electron chi connectivity index (χ1n) is 11.4. The van der Waals surface area contributed by atoms with Crippen molar-refractivity contribution < 1.29 is 19.4 Å². The average molecular weight is 425 g/mol. The first-order valence-corrected chi connectivity index (χ1v) is 11.4. The molecule has 1 aliphatic rings. The van der Waals surface area contributed by atoms with Gasteiger partial charge in [-0.3, -0.25) is 4.79 Å². The summed E-state index contributed by atoms with van der Waals surface area (Å²) in [6, 6.07) is 18.1. The molecule has 1 unspecified atom stereocenters. The van der Waals surface area contributed by atoms with Crippen LogP contribution in [0.1, 0.15) is 70.4 Å². The van der Waals surface area contributed by atoms with E-state index in [1.807, 2.05) is 69.3 Å². The molecule has 1 atom stereocenters. The Balaban J connectivity index is 1.63. The summed E-state index contributed by atoms with van der Waals surface area (Å²) in [6.45, 7) is 6.11. The number of hydrogen-bond donors (Lipinski definition) is 1. The summed E-state index contributed by atoms with van der Waals surface area (Å²) in [5, 5.41) is 11.5. The number of carbonyl (C=O) groups excluding carboxylic acids is 1. The fourth-order valence-corrected chi connectivity index (χ4v) is 4.42. The topological polar surface area (TPSA) is 55.8 Å². The van der Waals surface area contributed by atoms with Crippen LogP contribution < -0.4 is 4.74 Å². The van der Waals surface area contributed by atoms with Crippen molar-refractivity contribution in [3.8, 4) is 5.75 Å². The molecule has 168 valence electrons. The van der Waals surface area contributed by atoms with Crippen molar-refractivity contribution in [1.82, 2.24) is 0 Å². The fraction of sp³-hybridized carbons (Fsp3) is 0.519. The Labute approximate surface area is 186 Å². The molecule has 0 spiro atoms. The molecule has 1 fully saturated rings. The van der Waals surface area contributed by atoms with Crippen molar-refractivity contribution >= 4 is 5.97 Å². The van der Waals surface area contributed by atoms with Crippen LogP contribution in [0.15, 0.2) is 54.6 Å².